The van der Waals surface area contributed by atoms with Crippen molar-refractivity contribution in [3.63, 3.8) is 0 Å². The van der Waals surface area contributed by atoms with Gasteiger partial charge in [0.05, 0.1) is 11.1 Å². The van der Waals surface area contributed by atoms with Gasteiger partial charge in [0, 0.05) is 24.1 Å². The number of hydrogen-bond donors (Lipinski definition) is 0. The molecule has 2 aromatic rings. The third kappa shape index (κ3) is 5.64. The summed E-state index contributed by atoms with van der Waals surface area (Å²) in [7, 11) is 0. The van der Waals surface area contributed by atoms with Gasteiger partial charge < -0.3 is 4.90 Å². The molecule has 0 aliphatic heterocycles. The van der Waals surface area contributed by atoms with Gasteiger partial charge in [-0.25, -0.2) is 9.97 Å². The Morgan fingerprint density at radius 2 is 1.89 bits per heavy atom. The molecule has 2 rings (SSSR count). The molecule has 0 aliphatic carbocycles. The van der Waals surface area contributed by atoms with Crippen LogP contribution in [0.3, 0.4) is 0 Å². The van der Waals surface area contributed by atoms with E-state index in [0.717, 1.165) is 24.1 Å². The van der Waals surface area contributed by atoms with E-state index in [2.05, 4.69) is 9.97 Å². The number of nitrogens with zero attached hydrogens (tertiary/aromatic N) is 3. The first-order valence-electron chi connectivity index (χ1n) is 8.59. The number of carbonyl (C=O) groups is 1. The van der Waals surface area contributed by atoms with E-state index in [4.69, 9.17) is 0 Å². The molecule has 1 aromatic heterocycles. The van der Waals surface area contributed by atoms with Gasteiger partial charge in [-0.05, 0) is 51.8 Å². The van der Waals surface area contributed by atoms with E-state index in [1.165, 1.54) is 35.8 Å². The first-order valence-corrected chi connectivity index (χ1v) is 8.59. The van der Waals surface area contributed by atoms with Crippen LogP contribution >= 0.6 is 0 Å². The van der Waals surface area contributed by atoms with E-state index in [-0.39, 0.29) is 17.3 Å². The predicted octanol–water partition coefficient (Wildman–Crippen LogP) is 5.28. The smallest absolute Gasteiger partial charge is 0.305 e. The third-order valence-electron chi connectivity index (χ3n) is 4.06. The molecular formula is C20H22F3N3O. The molecule has 1 atom stereocenters. The van der Waals surface area contributed by atoms with Gasteiger partial charge in [-0.15, -0.1) is 0 Å². The molecule has 27 heavy (non-hydrogen) atoms. The van der Waals surface area contributed by atoms with Crippen molar-refractivity contribution in [2.45, 2.75) is 45.8 Å². The number of hydrogen-bond acceptors (Lipinski definition) is 3. The van der Waals surface area contributed by atoms with Gasteiger partial charge in [0.1, 0.15) is 6.33 Å². The number of amides is 1. The van der Waals surface area contributed by atoms with Gasteiger partial charge >= 0.3 is 6.18 Å². The minimum atomic E-state index is -4.48. The fourth-order valence-electron chi connectivity index (χ4n) is 2.69. The SMILES string of the molecule is CC(C)=CCCC(C)N(C(=O)c1cncnc1)c1cccc(C(F)(F)F)c1. The zero-order valence-electron chi connectivity index (χ0n) is 15.5. The molecule has 0 radical (unpaired) electrons. The third-order valence-corrected chi connectivity index (χ3v) is 4.06. The highest BCUT2D eigenvalue weighted by Crippen LogP contribution is 2.33. The number of benzene rings is 1. The predicted molar refractivity (Wildman–Crippen MR) is 98.4 cm³/mol. The summed E-state index contributed by atoms with van der Waals surface area (Å²) in [5.41, 5.74) is 0.779. The standard InChI is InChI=1S/C20H22F3N3O/c1-14(2)6-4-7-15(3)26(19(27)16-11-24-13-25-12-16)18-9-5-8-17(10-18)20(21,22)23/h5-6,8-13,15H,4,7H2,1-3H3. The zero-order valence-corrected chi connectivity index (χ0v) is 15.5. The molecule has 0 fully saturated rings. The van der Waals surface area contributed by atoms with Crippen molar-refractivity contribution in [2.24, 2.45) is 0 Å². The first kappa shape index (κ1) is 20.6. The number of carbonyl (C=O) groups excluding carboxylic acids is 1. The van der Waals surface area contributed by atoms with Gasteiger partial charge in [-0.1, -0.05) is 17.7 Å². The lowest BCUT2D eigenvalue weighted by molar-refractivity contribution is -0.137. The van der Waals surface area contributed by atoms with Crippen LogP contribution in [-0.2, 0) is 6.18 Å². The Hall–Kier alpha value is -2.70. The molecule has 4 nitrogen and oxygen atoms in total. The van der Waals surface area contributed by atoms with Crippen molar-refractivity contribution in [3.05, 3.63) is 65.8 Å². The van der Waals surface area contributed by atoms with E-state index in [1.807, 2.05) is 26.8 Å². The molecule has 0 N–H and O–H groups in total. The van der Waals surface area contributed by atoms with E-state index in [0.29, 0.717) is 6.42 Å². The second kappa shape index (κ2) is 8.79. The maximum absolute atomic E-state index is 13.1. The van der Waals surface area contributed by atoms with E-state index in [9.17, 15) is 18.0 Å². The Morgan fingerprint density at radius 1 is 1.22 bits per heavy atom. The Balaban J connectivity index is 2.40. The topological polar surface area (TPSA) is 46.1 Å². The molecule has 1 aromatic carbocycles. The second-order valence-corrected chi connectivity index (χ2v) is 6.56. The average molecular weight is 377 g/mol. The van der Waals surface area contributed by atoms with Crippen LogP contribution in [0.1, 0.15) is 49.5 Å². The van der Waals surface area contributed by atoms with E-state index < -0.39 is 17.6 Å². The van der Waals surface area contributed by atoms with Crippen molar-refractivity contribution in [1.82, 2.24) is 9.97 Å². The second-order valence-electron chi connectivity index (χ2n) is 6.56. The number of alkyl halides is 3. The van der Waals surface area contributed by atoms with Gasteiger partial charge in [0.25, 0.3) is 5.91 Å². The summed E-state index contributed by atoms with van der Waals surface area (Å²) in [6, 6.07) is 4.50. The van der Waals surface area contributed by atoms with Crippen LogP contribution in [0.4, 0.5) is 18.9 Å². The van der Waals surface area contributed by atoms with Crippen molar-refractivity contribution < 1.29 is 18.0 Å². The van der Waals surface area contributed by atoms with Gasteiger partial charge in [-0.3, -0.25) is 4.79 Å². The van der Waals surface area contributed by atoms with Crippen molar-refractivity contribution in [2.75, 3.05) is 4.90 Å². The molecule has 1 heterocycles. The van der Waals surface area contributed by atoms with Crippen molar-refractivity contribution in [1.29, 1.82) is 0 Å². The lowest BCUT2D eigenvalue weighted by Gasteiger charge is -2.30. The lowest BCUT2D eigenvalue weighted by Crippen LogP contribution is -2.39. The average Bonchev–Trinajstić information content (AvgIpc) is 2.62. The Bertz CT molecular complexity index is 800. The maximum atomic E-state index is 13.1. The summed E-state index contributed by atoms with van der Waals surface area (Å²) < 4.78 is 39.4. The molecular weight excluding hydrogens is 355 g/mol. The monoisotopic (exact) mass is 377 g/mol. The number of anilines is 1. The lowest BCUT2D eigenvalue weighted by atomic mass is 10.1. The number of aromatic nitrogens is 2. The Kier molecular flexibility index (Phi) is 6.71. The highest BCUT2D eigenvalue weighted by Gasteiger charge is 2.32. The van der Waals surface area contributed by atoms with Crippen LogP contribution in [0.25, 0.3) is 0 Å². The largest absolute Gasteiger partial charge is 0.416 e. The van der Waals surface area contributed by atoms with Crippen LogP contribution in [-0.4, -0.2) is 21.9 Å². The summed E-state index contributed by atoms with van der Waals surface area (Å²) >= 11 is 0. The molecule has 0 saturated heterocycles. The van der Waals surface area contributed by atoms with E-state index in [1.54, 1.807) is 0 Å². The van der Waals surface area contributed by atoms with E-state index >= 15 is 0 Å². The number of halogens is 3. The van der Waals surface area contributed by atoms with Gasteiger partial charge in [-0.2, -0.15) is 13.2 Å². The minimum absolute atomic E-state index is 0.198. The molecule has 7 heteroatoms. The van der Waals surface area contributed by atoms with Crippen LogP contribution in [0, 0.1) is 0 Å². The highest BCUT2D eigenvalue weighted by molar-refractivity contribution is 6.06. The van der Waals surface area contributed by atoms with Crippen molar-refractivity contribution >= 4 is 11.6 Å². The number of allylic oxidation sites excluding steroid dienone is 2. The summed E-state index contributed by atoms with van der Waals surface area (Å²) in [4.78, 5) is 22.0. The summed E-state index contributed by atoms with van der Waals surface area (Å²) in [6.45, 7) is 5.77. The normalized spacial score (nSPS) is 12.4. The van der Waals surface area contributed by atoms with Crippen LogP contribution in [0.15, 0.2) is 54.6 Å². The summed E-state index contributed by atoms with van der Waals surface area (Å²) in [6.07, 6.45) is 2.91. The highest BCUT2D eigenvalue weighted by atomic mass is 19.4. The summed E-state index contributed by atoms with van der Waals surface area (Å²) in [5, 5.41) is 0. The minimum Gasteiger partial charge on any atom is -0.305 e. The molecule has 0 aliphatic rings. The summed E-state index contributed by atoms with van der Waals surface area (Å²) in [5.74, 6) is -0.431. The first-order chi connectivity index (χ1) is 12.7. The fourth-order valence-corrected chi connectivity index (χ4v) is 2.69. The van der Waals surface area contributed by atoms with Gasteiger partial charge in [0.2, 0.25) is 0 Å². The molecule has 1 unspecified atom stereocenters. The quantitative estimate of drug-likeness (QED) is 0.644. The van der Waals surface area contributed by atoms with Crippen LogP contribution in [0.2, 0.25) is 0 Å². The fraction of sp³-hybridized carbons (Fsp3) is 0.350. The molecule has 144 valence electrons. The molecule has 1 amide bonds. The van der Waals surface area contributed by atoms with Crippen LogP contribution in [0.5, 0.6) is 0 Å². The maximum Gasteiger partial charge on any atom is 0.416 e. The molecule has 0 spiro atoms. The number of rotatable bonds is 6. The molecule has 0 bridgehead atoms. The van der Waals surface area contributed by atoms with Crippen molar-refractivity contribution in [3.8, 4) is 0 Å². The molecule has 0 saturated carbocycles. The Morgan fingerprint density at radius 3 is 2.48 bits per heavy atom. The zero-order chi connectivity index (χ0) is 20.0. The van der Waals surface area contributed by atoms with Gasteiger partial charge in [0.15, 0.2) is 0 Å². The Labute approximate surface area is 156 Å². The van der Waals surface area contributed by atoms with Crippen LogP contribution < -0.4 is 4.90 Å².